The van der Waals surface area contributed by atoms with Crippen molar-refractivity contribution in [2.24, 2.45) is 0 Å². The molecule has 0 radical (unpaired) electrons. The molecule has 0 aromatic heterocycles. The number of rotatable bonds is 5. The van der Waals surface area contributed by atoms with Gasteiger partial charge in [0.05, 0.1) is 0 Å². The zero-order chi connectivity index (χ0) is 11.2. The second-order valence-corrected chi connectivity index (χ2v) is 3.47. The molecule has 0 fully saturated rings. The van der Waals surface area contributed by atoms with Crippen molar-refractivity contribution in [3.63, 3.8) is 0 Å². The summed E-state index contributed by atoms with van der Waals surface area (Å²) in [7, 11) is 0. The fourth-order valence-electron chi connectivity index (χ4n) is 0.901. The summed E-state index contributed by atoms with van der Waals surface area (Å²) in [5.41, 5.74) is -0.261. The van der Waals surface area contributed by atoms with Crippen LogP contribution in [0, 0.1) is 0 Å². The van der Waals surface area contributed by atoms with Gasteiger partial charge < -0.3 is 15.7 Å². The Balaban J connectivity index is 3.97. The highest BCUT2D eigenvalue weighted by Crippen LogP contribution is 2.12. The van der Waals surface area contributed by atoms with Crippen molar-refractivity contribution in [1.29, 1.82) is 0 Å². The predicted molar refractivity (Wildman–Crippen MR) is 53.2 cm³/mol. The number of nitrogens with one attached hydrogen (secondary N) is 2. The van der Waals surface area contributed by atoms with Gasteiger partial charge >= 0.3 is 12.0 Å². The first kappa shape index (κ1) is 12.7. The first-order chi connectivity index (χ1) is 6.43. The van der Waals surface area contributed by atoms with Crippen LogP contribution in [0.15, 0.2) is 0 Å². The molecule has 0 unspecified atom stereocenters. The van der Waals surface area contributed by atoms with Crippen molar-refractivity contribution in [2.45, 2.75) is 39.2 Å². The normalized spacial score (nSPS) is 10.8. The molecule has 0 heterocycles. The number of carbonyl (C=O) groups excluding carboxylic acids is 1. The molecule has 14 heavy (non-hydrogen) atoms. The SMILES string of the molecule is CCC(C)(CC)NC(=O)NCC(=O)O. The zero-order valence-corrected chi connectivity index (χ0v) is 8.89. The second-order valence-electron chi connectivity index (χ2n) is 3.47. The van der Waals surface area contributed by atoms with E-state index in [4.69, 9.17) is 5.11 Å². The average Bonchev–Trinajstić information content (AvgIpc) is 2.14. The van der Waals surface area contributed by atoms with Crippen molar-refractivity contribution in [3.05, 3.63) is 0 Å². The molecule has 5 nitrogen and oxygen atoms in total. The van der Waals surface area contributed by atoms with Crippen LogP contribution in [0.25, 0.3) is 0 Å². The number of amides is 2. The Labute approximate surface area is 83.9 Å². The van der Waals surface area contributed by atoms with E-state index in [0.29, 0.717) is 0 Å². The third kappa shape index (κ3) is 4.69. The van der Waals surface area contributed by atoms with Gasteiger partial charge in [-0.05, 0) is 19.8 Å². The number of carboxylic acids is 1. The maximum absolute atomic E-state index is 11.2. The number of urea groups is 1. The molecule has 0 atom stereocenters. The highest BCUT2D eigenvalue weighted by Gasteiger charge is 2.21. The molecule has 0 aliphatic rings. The third-order valence-corrected chi connectivity index (χ3v) is 2.38. The fraction of sp³-hybridized carbons (Fsp3) is 0.778. The van der Waals surface area contributed by atoms with E-state index >= 15 is 0 Å². The Hall–Kier alpha value is -1.26. The monoisotopic (exact) mass is 202 g/mol. The van der Waals surface area contributed by atoms with Crippen LogP contribution in [0.2, 0.25) is 0 Å². The van der Waals surface area contributed by atoms with E-state index < -0.39 is 12.0 Å². The maximum atomic E-state index is 11.2. The molecular formula is C9H18N2O3. The first-order valence-electron chi connectivity index (χ1n) is 4.71. The minimum atomic E-state index is -1.05. The molecule has 0 aliphatic heterocycles. The summed E-state index contributed by atoms with van der Waals surface area (Å²) in [6.45, 7) is 5.52. The summed E-state index contributed by atoms with van der Waals surface area (Å²) in [4.78, 5) is 21.4. The van der Waals surface area contributed by atoms with Crippen molar-refractivity contribution in [3.8, 4) is 0 Å². The number of carbonyl (C=O) groups is 2. The zero-order valence-electron chi connectivity index (χ0n) is 8.89. The minimum Gasteiger partial charge on any atom is -0.480 e. The molecule has 0 bridgehead atoms. The van der Waals surface area contributed by atoms with Gasteiger partial charge in [0.2, 0.25) is 0 Å². The minimum absolute atomic E-state index is 0.261. The summed E-state index contributed by atoms with van der Waals surface area (Å²) < 4.78 is 0. The molecule has 5 heteroatoms. The van der Waals surface area contributed by atoms with Crippen molar-refractivity contribution < 1.29 is 14.7 Å². The van der Waals surface area contributed by atoms with Crippen LogP contribution < -0.4 is 10.6 Å². The Morgan fingerprint density at radius 2 is 1.79 bits per heavy atom. The number of hydrogen-bond donors (Lipinski definition) is 3. The summed E-state index contributed by atoms with van der Waals surface area (Å²) in [6.07, 6.45) is 1.62. The molecule has 0 spiro atoms. The Morgan fingerprint density at radius 3 is 2.14 bits per heavy atom. The van der Waals surface area contributed by atoms with Crippen molar-refractivity contribution in [2.75, 3.05) is 6.54 Å². The molecule has 0 aliphatic carbocycles. The largest absolute Gasteiger partial charge is 0.480 e. The molecule has 0 saturated heterocycles. The number of aliphatic carboxylic acids is 1. The Morgan fingerprint density at radius 1 is 1.29 bits per heavy atom. The van der Waals surface area contributed by atoms with Crippen LogP contribution in [-0.2, 0) is 4.79 Å². The maximum Gasteiger partial charge on any atom is 0.323 e. The van der Waals surface area contributed by atoms with Crippen molar-refractivity contribution >= 4 is 12.0 Å². The molecule has 0 rings (SSSR count). The fourth-order valence-corrected chi connectivity index (χ4v) is 0.901. The molecular weight excluding hydrogens is 184 g/mol. The van der Waals surface area contributed by atoms with E-state index in [1.165, 1.54) is 0 Å². The van der Waals surface area contributed by atoms with Crippen LogP contribution in [-0.4, -0.2) is 29.2 Å². The van der Waals surface area contributed by atoms with Crippen LogP contribution in [0.4, 0.5) is 4.79 Å². The van der Waals surface area contributed by atoms with Crippen LogP contribution in [0.3, 0.4) is 0 Å². The first-order valence-corrected chi connectivity index (χ1v) is 4.71. The molecule has 0 aromatic rings. The lowest BCUT2D eigenvalue weighted by Gasteiger charge is -2.28. The van der Waals surface area contributed by atoms with Gasteiger partial charge in [0.25, 0.3) is 0 Å². The summed E-state index contributed by atoms with van der Waals surface area (Å²) in [5, 5.41) is 13.3. The van der Waals surface area contributed by atoms with E-state index in [1.54, 1.807) is 0 Å². The topological polar surface area (TPSA) is 78.4 Å². The number of carboxylic acid groups (broad SMARTS) is 1. The molecule has 82 valence electrons. The van der Waals surface area contributed by atoms with E-state index in [9.17, 15) is 9.59 Å². The van der Waals surface area contributed by atoms with Crippen molar-refractivity contribution in [1.82, 2.24) is 10.6 Å². The lowest BCUT2D eigenvalue weighted by molar-refractivity contribution is -0.135. The van der Waals surface area contributed by atoms with E-state index in [2.05, 4.69) is 10.6 Å². The van der Waals surface area contributed by atoms with Gasteiger partial charge in [-0.2, -0.15) is 0 Å². The number of hydrogen-bond acceptors (Lipinski definition) is 2. The summed E-state index contributed by atoms with van der Waals surface area (Å²) >= 11 is 0. The quantitative estimate of drug-likeness (QED) is 0.621. The Kier molecular flexibility index (Phi) is 4.97. The van der Waals surface area contributed by atoms with E-state index in [0.717, 1.165) is 12.8 Å². The average molecular weight is 202 g/mol. The molecule has 0 saturated carbocycles. The van der Waals surface area contributed by atoms with Gasteiger partial charge in [-0.1, -0.05) is 13.8 Å². The van der Waals surface area contributed by atoms with E-state index in [-0.39, 0.29) is 12.1 Å². The van der Waals surface area contributed by atoms with E-state index in [1.807, 2.05) is 20.8 Å². The third-order valence-electron chi connectivity index (χ3n) is 2.38. The van der Waals surface area contributed by atoms with Crippen LogP contribution >= 0.6 is 0 Å². The molecule has 0 aromatic carbocycles. The lowest BCUT2D eigenvalue weighted by atomic mass is 9.96. The van der Waals surface area contributed by atoms with Gasteiger partial charge in [0.1, 0.15) is 6.54 Å². The van der Waals surface area contributed by atoms with Gasteiger partial charge in [-0.15, -0.1) is 0 Å². The summed E-state index contributed by atoms with van der Waals surface area (Å²) in [5.74, 6) is -1.05. The van der Waals surface area contributed by atoms with Gasteiger partial charge in [0, 0.05) is 5.54 Å². The van der Waals surface area contributed by atoms with Crippen LogP contribution in [0.5, 0.6) is 0 Å². The Bertz CT molecular complexity index is 212. The smallest absolute Gasteiger partial charge is 0.323 e. The predicted octanol–water partition coefficient (Wildman–Crippen LogP) is 0.949. The van der Waals surface area contributed by atoms with Gasteiger partial charge in [0.15, 0.2) is 0 Å². The highest BCUT2D eigenvalue weighted by molar-refractivity contribution is 5.80. The lowest BCUT2D eigenvalue weighted by Crippen LogP contribution is -2.50. The molecule has 3 N–H and O–H groups in total. The van der Waals surface area contributed by atoms with Crippen LogP contribution in [0.1, 0.15) is 33.6 Å². The standard InChI is InChI=1S/C9H18N2O3/c1-4-9(3,5-2)11-8(14)10-6-7(12)13/h4-6H2,1-3H3,(H,12,13)(H2,10,11,14). The molecule has 2 amide bonds. The van der Waals surface area contributed by atoms with Gasteiger partial charge in [-0.3, -0.25) is 4.79 Å². The second kappa shape index (κ2) is 5.47. The van der Waals surface area contributed by atoms with Gasteiger partial charge in [-0.25, -0.2) is 4.79 Å². The highest BCUT2D eigenvalue weighted by atomic mass is 16.4. The summed E-state index contributed by atoms with van der Waals surface area (Å²) in [6, 6.07) is -0.432.